The standard InChI is InChI=1S/C25H31N7O.2H2O.H2/c1-30(2)12-13-31(3)23-15-24(33-5)21(14-19(23)26)29-25-27-11-10-20(28-25)18-16-32(4)22-9-7-6-8-17(18)22;;;/h6-11,14-16H,12-13,26H2,1-5H3,(H,27,28,29);2*1H2;1H. The van der Waals surface area contributed by atoms with Gasteiger partial charge < -0.3 is 41.1 Å². The molecule has 0 saturated carbocycles. The molecule has 35 heavy (non-hydrogen) atoms. The minimum atomic E-state index is 0. The van der Waals surface area contributed by atoms with Gasteiger partial charge in [0.2, 0.25) is 5.95 Å². The Hall–Kier alpha value is -3.86. The molecule has 2 aromatic carbocycles. The van der Waals surface area contributed by atoms with Gasteiger partial charge in [-0.25, -0.2) is 9.97 Å². The number of fused-ring (bicyclic) bond motifs is 1. The summed E-state index contributed by atoms with van der Waals surface area (Å²) in [7, 11) is 9.82. The van der Waals surface area contributed by atoms with E-state index in [1.807, 2.05) is 44.4 Å². The van der Waals surface area contributed by atoms with E-state index in [0.717, 1.165) is 46.6 Å². The monoisotopic (exact) mass is 483 g/mol. The van der Waals surface area contributed by atoms with Crippen LogP contribution in [0.15, 0.2) is 54.9 Å². The van der Waals surface area contributed by atoms with Crippen LogP contribution in [-0.2, 0) is 7.05 Å². The van der Waals surface area contributed by atoms with Gasteiger partial charge in [0.1, 0.15) is 5.75 Å². The Morgan fingerprint density at radius 2 is 1.83 bits per heavy atom. The van der Waals surface area contributed by atoms with Crippen molar-refractivity contribution in [2.45, 2.75) is 0 Å². The number of anilines is 4. The minimum absolute atomic E-state index is 0. The zero-order valence-corrected chi connectivity index (χ0v) is 20.8. The normalized spacial score (nSPS) is 10.6. The van der Waals surface area contributed by atoms with Crippen molar-refractivity contribution in [3.05, 3.63) is 54.9 Å². The molecule has 0 aliphatic rings. The fourth-order valence-electron chi connectivity index (χ4n) is 3.89. The topological polar surface area (TPSA) is 147 Å². The number of nitrogen functional groups attached to an aromatic ring is 1. The highest BCUT2D eigenvalue weighted by atomic mass is 16.5. The first kappa shape index (κ1) is 27.4. The highest BCUT2D eigenvalue weighted by Crippen LogP contribution is 2.36. The van der Waals surface area contributed by atoms with Crippen molar-refractivity contribution in [2.75, 3.05) is 57.3 Å². The van der Waals surface area contributed by atoms with Crippen molar-refractivity contribution in [3.8, 4) is 17.0 Å². The van der Waals surface area contributed by atoms with E-state index >= 15 is 0 Å². The highest BCUT2D eigenvalue weighted by molar-refractivity contribution is 5.95. The summed E-state index contributed by atoms with van der Waals surface area (Å²) in [6, 6.07) is 14.0. The van der Waals surface area contributed by atoms with E-state index in [2.05, 4.69) is 57.1 Å². The number of nitrogens with one attached hydrogen (secondary N) is 1. The van der Waals surface area contributed by atoms with Gasteiger partial charge in [-0.2, -0.15) is 0 Å². The second-order valence-electron chi connectivity index (χ2n) is 8.40. The zero-order valence-electron chi connectivity index (χ0n) is 20.8. The molecule has 190 valence electrons. The number of nitrogens with two attached hydrogens (primary N) is 1. The molecule has 10 nitrogen and oxygen atoms in total. The molecule has 0 radical (unpaired) electrons. The van der Waals surface area contributed by atoms with Gasteiger partial charge in [-0.05, 0) is 32.3 Å². The summed E-state index contributed by atoms with van der Waals surface area (Å²) in [5, 5.41) is 4.43. The predicted molar refractivity (Wildman–Crippen MR) is 146 cm³/mol. The van der Waals surface area contributed by atoms with Gasteiger partial charge in [-0.15, -0.1) is 0 Å². The predicted octanol–water partition coefficient (Wildman–Crippen LogP) is 2.56. The molecule has 2 heterocycles. The quantitative estimate of drug-likeness (QED) is 0.366. The molecule has 0 aliphatic carbocycles. The Morgan fingerprint density at radius 3 is 2.54 bits per heavy atom. The Bertz CT molecular complexity index is 1280. The van der Waals surface area contributed by atoms with E-state index in [0.29, 0.717) is 17.4 Å². The van der Waals surface area contributed by atoms with Crippen molar-refractivity contribution in [2.24, 2.45) is 7.05 Å². The molecule has 0 atom stereocenters. The maximum Gasteiger partial charge on any atom is 0.227 e. The summed E-state index contributed by atoms with van der Waals surface area (Å²) in [5.74, 6) is 1.15. The summed E-state index contributed by atoms with van der Waals surface area (Å²) < 4.78 is 7.76. The van der Waals surface area contributed by atoms with E-state index < -0.39 is 0 Å². The zero-order chi connectivity index (χ0) is 23.5. The van der Waals surface area contributed by atoms with Crippen LogP contribution in [0.3, 0.4) is 0 Å². The number of methoxy groups -OCH3 is 1. The smallest absolute Gasteiger partial charge is 0.227 e. The second-order valence-corrected chi connectivity index (χ2v) is 8.40. The molecule has 0 fully saturated rings. The molecule has 4 rings (SSSR count). The average Bonchev–Trinajstić information content (AvgIpc) is 3.14. The number of rotatable bonds is 8. The number of likely N-dealkylation sites (N-methyl/N-ethyl adjacent to an activating group) is 2. The summed E-state index contributed by atoms with van der Waals surface area (Å²) in [5.41, 5.74) is 11.8. The molecule has 2 aromatic heterocycles. The molecular formula is C25H37N7O3. The van der Waals surface area contributed by atoms with Crippen molar-refractivity contribution in [1.82, 2.24) is 19.4 Å². The lowest BCUT2D eigenvalue weighted by atomic mass is 10.1. The number of para-hydroxylation sites is 1. The Morgan fingerprint density at radius 1 is 1.09 bits per heavy atom. The lowest BCUT2D eigenvalue weighted by molar-refractivity contribution is 0.413. The van der Waals surface area contributed by atoms with Crippen molar-refractivity contribution < 1.29 is 17.1 Å². The van der Waals surface area contributed by atoms with Crippen LogP contribution in [0.2, 0.25) is 0 Å². The maximum absolute atomic E-state index is 6.40. The van der Waals surface area contributed by atoms with Crippen molar-refractivity contribution >= 4 is 33.9 Å². The first-order valence-corrected chi connectivity index (χ1v) is 10.8. The van der Waals surface area contributed by atoms with E-state index in [4.69, 9.17) is 15.5 Å². The van der Waals surface area contributed by atoms with Crippen LogP contribution in [-0.4, -0.2) is 71.7 Å². The van der Waals surface area contributed by atoms with E-state index in [9.17, 15) is 0 Å². The number of ether oxygens (including phenoxy) is 1. The third-order valence-corrected chi connectivity index (χ3v) is 5.72. The van der Waals surface area contributed by atoms with Crippen LogP contribution in [0.4, 0.5) is 23.0 Å². The van der Waals surface area contributed by atoms with Gasteiger partial charge in [-0.1, -0.05) is 18.2 Å². The Labute approximate surface area is 207 Å². The lowest BCUT2D eigenvalue weighted by Crippen LogP contribution is -2.29. The maximum atomic E-state index is 6.40. The SMILES string of the molecule is COc1cc(N(C)CCN(C)C)c(N)cc1Nc1nccc(-c2cn(C)c3ccccc23)n1.O.O.[HH]. The fourth-order valence-corrected chi connectivity index (χ4v) is 3.89. The Kier molecular flexibility index (Phi) is 9.01. The van der Waals surface area contributed by atoms with Crippen LogP contribution >= 0.6 is 0 Å². The lowest BCUT2D eigenvalue weighted by Gasteiger charge is -2.24. The highest BCUT2D eigenvalue weighted by Gasteiger charge is 2.15. The number of aromatic nitrogens is 3. The van der Waals surface area contributed by atoms with Crippen LogP contribution < -0.4 is 20.7 Å². The largest absolute Gasteiger partial charge is 0.494 e. The molecule has 10 heteroatoms. The van der Waals surface area contributed by atoms with Crippen LogP contribution in [0.1, 0.15) is 1.43 Å². The third-order valence-electron chi connectivity index (χ3n) is 5.72. The molecule has 0 bridgehead atoms. The fraction of sp³-hybridized carbons (Fsp3) is 0.280. The van der Waals surface area contributed by atoms with Crippen LogP contribution in [0.25, 0.3) is 22.2 Å². The van der Waals surface area contributed by atoms with Gasteiger partial charge >= 0.3 is 0 Å². The molecule has 0 spiro atoms. The minimum Gasteiger partial charge on any atom is -0.494 e. The summed E-state index contributed by atoms with van der Waals surface area (Å²) >= 11 is 0. The number of nitrogens with zero attached hydrogens (tertiary/aromatic N) is 5. The number of hydrogen-bond donors (Lipinski definition) is 2. The van der Waals surface area contributed by atoms with Crippen molar-refractivity contribution in [1.29, 1.82) is 0 Å². The number of benzene rings is 2. The third kappa shape index (κ3) is 5.80. The van der Waals surface area contributed by atoms with E-state index in [-0.39, 0.29) is 12.4 Å². The van der Waals surface area contributed by atoms with Crippen LogP contribution in [0.5, 0.6) is 5.75 Å². The van der Waals surface area contributed by atoms with Crippen molar-refractivity contribution in [3.63, 3.8) is 0 Å². The van der Waals surface area contributed by atoms with E-state index in [1.165, 1.54) is 0 Å². The molecule has 0 amide bonds. The molecule has 0 aliphatic heterocycles. The Balaban J connectivity index is 0.00000216. The summed E-state index contributed by atoms with van der Waals surface area (Å²) in [6.45, 7) is 1.77. The molecular weight excluding hydrogens is 446 g/mol. The van der Waals surface area contributed by atoms with Gasteiger partial charge in [0.25, 0.3) is 0 Å². The number of hydrogen-bond acceptors (Lipinski definition) is 7. The average molecular weight is 484 g/mol. The van der Waals surface area contributed by atoms with Gasteiger partial charge in [0.05, 0.1) is 29.9 Å². The van der Waals surface area contributed by atoms with Crippen LogP contribution in [0, 0.1) is 0 Å². The molecule has 7 N–H and O–H groups in total. The molecule has 4 aromatic rings. The second kappa shape index (κ2) is 11.5. The molecule has 0 unspecified atom stereocenters. The van der Waals surface area contributed by atoms with Gasteiger partial charge in [0, 0.05) is 63.5 Å². The van der Waals surface area contributed by atoms with Gasteiger partial charge in [0.15, 0.2) is 0 Å². The summed E-state index contributed by atoms with van der Waals surface area (Å²) in [4.78, 5) is 13.4. The number of aryl methyl sites for hydroxylation is 1. The summed E-state index contributed by atoms with van der Waals surface area (Å²) in [6.07, 6.45) is 3.85. The first-order chi connectivity index (χ1) is 15.9. The first-order valence-electron chi connectivity index (χ1n) is 10.8. The molecule has 0 saturated heterocycles. The van der Waals surface area contributed by atoms with E-state index in [1.54, 1.807) is 13.3 Å². The van der Waals surface area contributed by atoms with Gasteiger partial charge in [-0.3, -0.25) is 0 Å².